The minimum atomic E-state index is -1.46. The molecule has 1 fully saturated rings. The summed E-state index contributed by atoms with van der Waals surface area (Å²) in [6.45, 7) is 20.9. The normalized spacial score (nSPS) is 19.6. The maximum Gasteiger partial charge on any atom is 0.338 e. The van der Waals surface area contributed by atoms with E-state index in [1.54, 1.807) is 38.5 Å². The minimum Gasteiger partial charge on any atom is -0.497 e. The number of carbonyl (C=O) groups excluding carboxylic acids is 1. The summed E-state index contributed by atoms with van der Waals surface area (Å²) >= 11 is 0. The average Bonchev–Trinajstić information content (AvgIpc) is 3.29. The van der Waals surface area contributed by atoms with Crippen molar-refractivity contribution < 1.29 is 47.0 Å². The van der Waals surface area contributed by atoms with Gasteiger partial charge >= 0.3 is 5.97 Å². The Balaban J connectivity index is 1.40. The lowest BCUT2D eigenvalue weighted by Crippen LogP contribution is -2.57. The highest BCUT2D eigenvalue weighted by atomic mass is 31.2. The van der Waals surface area contributed by atoms with Crippen LogP contribution in [0.25, 0.3) is 4.85 Å². The Bertz CT molecular complexity index is 1890. The zero-order valence-corrected chi connectivity index (χ0v) is 38.2. The lowest BCUT2D eigenvalue weighted by Gasteiger charge is -2.44. The van der Waals surface area contributed by atoms with E-state index in [2.05, 4.69) is 44.1 Å². The van der Waals surface area contributed by atoms with E-state index < -0.39 is 38.6 Å². The van der Waals surface area contributed by atoms with Gasteiger partial charge in [-0.25, -0.2) is 16.0 Å². The molecule has 4 aromatic carbocycles. The van der Waals surface area contributed by atoms with Gasteiger partial charge in [0.1, 0.15) is 29.8 Å². The fourth-order valence-corrected chi connectivity index (χ4v) is 9.38. The molecular formula is C49H63N2O10P. The molecule has 0 radical (unpaired) electrons. The summed E-state index contributed by atoms with van der Waals surface area (Å²) in [4.78, 5) is 17.2. The molecule has 0 spiro atoms. The van der Waals surface area contributed by atoms with Crippen LogP contribution in [-0.4, -0.2) is 101 Å². The van der Waals surface area contributed by atoms with Gasteiger partial charge in [0, 0.05) is 18.0 Å². The molecule has 1 aliphatic rings. The maximum atomic E-state index is 13.7. The summed E-state index contributed by atoms with van der Waals surface area (Å²) < 4.78 is 58.8. The van der Waals surface area contributed by atoms with Gasteiger partial charge in [0.15, 0.2) is 12.4 Å². The van der Waals surface area contributed by atoms with E-state index in [0.29, 0.717) is 12.0 Å². The zero-order valence-electron chi connectivity index (χ0n) is 37.3. The second-order valence-corrected chi connectivity index (χ2v) is 16.9. The van der Waals surface area contributed by atoms with Gasteiger partial charge in [-0.15, -0.1) is 0 Å². The first-order valence-electron chi connectivity index (χ1n) is 21.4. The van der Waals surface area contributed by atoms with Crippen LogP contribution in [0.3, 0.4) is 0 Å². The van der Waals surface area contributed by atoms with Crippen LogP contribution in [0.2, 0.25) is 0 Å². The van der Waals surface area contributed by atoms with Crippen LogP contribution in [-0.2, 0) is 38.3 Å². The van der Waals surface area contributed by atoms with Gasteiger partial charge in [-0.3, -0.25) is 0 Å². The molecule has 5 rings (SSSR count). The van der Waals surface area contributed by atoms with Crippen LogP contribution in [0.5, 0.6) is 11.5 Å². The number of rotatable bonds is 24. The Morgan fingerprint density at radius 1 is 0.726 bits per heavy atom. The first-order valence-corrected chi connectivity index (χ1v) is 22.5. The lowest BCUT2D eigenvalue weighted by atomic mass is 9.80. The maximum absolute atomic E-state index is 13.7. The predicted molar refractivity (Wildman–Crippen MR) is 240 cm³/mol. The van der Waals surface area contributed by atoms with E-state index >= 15 is 0 Å². The number of benzene rings is 4. The molecule has 6 unspecified atom stereocenters. The lowest BCUT2D eigenvalue weighted by molar-refractivity contribution is -0.292. The highest BCUT2D eigenvalue weighted by Crippen LogP contribution is 2.46. The number of esters is 1. The molecule has 0 saturated carbocycles. The van der Waals surface area contributed by atoms with Crippen LogP contribution < -0.4 is 9.47 Å². The molecule has 1 heterocycles. The molecular weight excluding hydrogens is 808 g/mol. The Morgan fingerprint density at radius 2 is 1.26 bits per heavy atom. The predicted octanol–water partition coefficient (Wildman–Crippen LogP) is 9.71. The van der Waals surface area contributed by atoms with Crippen LogP contribution in [0.15, 0.2) is 109 Å². The van der Waals surface area contributed by atoms with Crippen molar-refractivity contribution in [3.05, 3.63) is 143 Å². The van der Waals surface area contributed by atoms with E-state index in [0.717, 1.165) is 28.2 Å². The van der Waals surface area contributed by atoms with Gasteiger partial charge in [-0.2, -0.15) is 0 Å². The van der Waals surface area contributed by atoms with Gasteiger partial charge in [0.2, 0.25) is 6.54 Å². The molecule has 12 nitrogen and oxygen atoms in total. The highest BCUT2D eigenvalue weighted by Gasteiger charge is 2.47. The van der Waals surface area contributed by atoms with Gasteiger partial charge in [-0.1, -0.05) is 86.6 Å². The van der Waals surface area contributed by atoms with E-state index in [1.807, 2.05) is 91.9 Å². The molecule has 4 aromatic rings. The van der Waals surface area contributed by atoms with Gasteiger partial charge in [-0.05, 0) is 87.2 Å². The SMILES string of the molecule is [C-]#[N+]CCOP(OCCOC1C(C)C(CC)OC(OCCOC(c2ccccc2)(c2ccc(OC)cc2)c2ccc(OC)cc2)C1OC(=O)c1ccccc1)N(C(C)C)C(C)C. The summed E-state index contributed by atoms with van der Waals surface area (Å²) in [5.41, 5.74) is 2.04. The van der Waals surface area contributed by atoms with E-state index in [4.69, 9.17) is 48.8 Å². The molecule has 62 heavy (non-hydrogen) atoms. The smallest absolute Gasteiger partial charge is 0.338 e. The topological polar surface area (TPSA) is 108 Å². The summed E-state index contributed by atoms with van der Waals surface area (Å²) in [6, 6.07) is 34.9. The van der Waals surface area contributed by atoms with Crippen molar-refractivity contribution in [1.82, 2.24) is 4.67 Å². The van der Waals surface area contributed by atoms with Crippen molar-refractivity contribution in [2.75, 3.05) is 53.8 Å². The third-order valence-electron chi connectivity index (χ3n) is 10.8. The molecule has 0 bridgehead atoms. The van der Waals surface area contributed by atoms with Crippen molar-refractivity contribution in [2.45, 2.75) is 90.2 Å². The van der Waals surface area contributed by atoms with E-state index in [1.165, 1.54) is 0 Å². The number of carbonyl (C=O) groups is 1. The van der Waals surface area contributed by atoms with Crippen molar-refractivity contribution >= 4 is 14.5 Å². The monoisotopic (exact) mass is 870 g/mol. The van der Waals surface area contributed by atoms with Crippen LogP contribution in [0.4, 0.5) is 0 Å². The number of nitrogens with zero attached hydrogens (tertiary/aromatic N) is 2. The molecule has 0 aliphatic carbocycles. The minimum absolute atomic E-state index is 0.0953. The first-order chi connectivity index (χ1) is 30.1. The molecule has 1 aliphatic heterocycles. The van der Waals surface area contributed by atoms with Crippen LogP contribution >= 0.6 is 8.53 Å². The van der Waals surface area contributed by atoms with Crippen molar-refractivity contribution in [3.8, 4) is 11.5 Å². The number of ether oxygens (including phenoxy) is 7. The molecule has 13 heteroatoms. The van der Waals surface area contributed by atoms with Crippen LogP contribution in [0.1, 0.15) is 75.0 Å². The van der Waals surface area contributed by atoms with Crippen molar-refractivity contribution in [2.24, 2.45) is 5.92 Å². The Labute approximate surface area is 369 Å². The molecule has 1 saturated heterocycles. The van der Waals surface area contributed by atoms with Crippen molar-refractivity contribution in [3.63, 3.8) is 0 Å². The second-order valence-electron chi connectivity index (χ2n) is 15.5. The van der Waals surface area contributed by atoms with E-state index in [9.17, 15) is 4.79 Å². The third kappa shape index (κ3) is 12.4. The number of hydrogen-bond donors (Lipinski definition) is 0. The quantitative estimate of drug-likeness (QED) is 0.0221. The van der Waals surface area contributed by atoms with Crippen molar-refractivity contribution in [1.29, 1.82) is 0 Å². The molecule has 0 aromatic heterocycles. The molecule has 334 valence electrons. The van der Waals surface area contributed by atoms with E-state index in [-0.39, 0.29) is 63.7 Å². The molecule has 6 atom stereocenters. The highest BCUT2D eigenvalue weighted by molar-refractivity contribution is 7.44. The summed E-state index contributed by atoms with van der Waals surface area (Å²) in [7, 11) is 1.82. The summed E-state index contributed by atoms with van der Waals surface area (Å²) in [5.74, 6) is 0.765. The zero-order chi connectivity index (χ0) is 44.5. The second kappa shape index (κ2) is 24.4. The fourth-order valence-electron chi connectivity index (χ4n) is 7.82. The summed E-state index contributed by atoms with van der Waals surface area (Å²) in [5, 5.41) is 0. The molecule has 0 N–H and O–H groups in total. The average molecular weight is 871 g/mol. The number of hydrogen-bond acceptors (Lipinski definition) is 11. The van der Waals surface area contributed by atoms with Gasteiger partial charge < -0.3 is 47.1 Å². The Hall–Kier alpha value is -4.41. The van der Waals surface area contributed by atoms with Gasteiger partial charge in [0.25, 0.3) is 8.53 Å². The molecule has 0 amide bonds. The summed E-state index contributed by atoms with van der Waals surface area (Å²) in [6.07, 6.45) is -2.08. The Morgan fingerprint density at radius 3 is 1.79 bits per heavy atom. The first kappa shape index (κ1) is 48.6. The fraction of sp³-hybridized carbons (Fsp3) is 0.469. The standard InChI is InChI=1S/C49H63N2O10P/c1-10-44-37(6)45(55-32-34-59-62(58-30-29-50-7)51(35(2)3)36(4)5)46(61-47(52)38-17-13-11-14-18-38)48(60-44)56-31-33-57-49(39-19-15-12-16-20-39,40-21-25-42(53-8)26-22-40)41-23-27-43(54-9)28-24-41/h11-28,35-37,44-46,48H,10,29-34H2,1-6,8-9H3. The largest absolute Gasteiger partial charge is 0.497 e. The third-order valence-corrected chi connectivity index (χ3v) is 12.9. The van der Waals surface area contributed by atoms with Gasteiger partial charge in [0.05, 0.1) is 52.3 Å². The Kier molecular flexibility index (Phi) is 19.2. The van der Waals surface area contributed by atoms with Crippen LogP contribution in [0, 0.1) is 12.5 Å². The number of methoxy groups -OCH3 is 2.